The Hall–Kier alpha value is -2.49. The maximum absolute atomic E-state index is 12.8. The van der Waals surface area contributed by atoms with Crippen molar-refractivity contribution >= 4 is 49.1 Å². The number of hydrogen-bond acceptors (Lipinski definition) is 6. The number of halogens is 1. The van der Waals surface area contributed by atoms with Gasteiger partial charge in [-0.3, -0.25) is 18.9 Å². The van der Waals surface area contributed by atoms with Crippen LogP contribution in [0.1, 0.15) is 16.2 Å². The molecule has 5 rings (SSSR count). The van der Waals surface area contributed by atoms with Crippen LogP contribution < -0.4 is 5.56 Å². The third-order valence-corrected chi connectivity index (χ3v) is 6.34. The smallest absolute Gasteiger partial charge is 0.289 e. The lowest BCUT2D eigenvalue weighted by molar-refractivity contribution is 0.0598. The lowest BCUT2D eigenvalue weighted by atomic mass is 10.2. The van der Waals surface area contributed by atoms with E-state index in [0.29, 0.717) is 35.9 Å². The Morgan fingerprint density at radius 3 is 2.83 bits per heavy atom. The Balaban J connectivity index is 1.25. The molecule has 0 spiro atoms. The van der Waals surface area contributed by atoms with Crippen molar-refractivity contribution in [3.05, 3.63) is 68.2 Å². The zero-order valence-corrected chi connectivity index (χ0v) is 17.8. The van der Waals surface area contributed by atoms with Crippen molar-refractivity contribution in [3.63, 3.8) is 0 Å². The molecular weight excluding hydrogens is 456 g/mol. The van der Waals surface area contributed by atoms with E-state index in [0.717, 1.165) is 28.6 Å². The molecule has 0 atom stereocenters. The molecule has 0 bridgehead atoms. The van der Waals surface area contributed by atoms with Gasteiger partial charge in [-0.2, -0.15) is 0 Å². The summed E-state index contributed by atoms with van der Waals surface area (Å²) in [7, 11) is 0. The average molecular weight is 473 g/mol. The van der Waals surface area contributed by atoms with Crippen LogP contribution in [-0.4, -0.2) is 51.3 Å². The zero-order chi connectivity index (χ0) is 20.0. The Morgan fingerprint density at radius 1 is 1.17 bits per heavy atom. The monoisotopic (exact) mass is 472 g/mol. The maximum Gasteiger partial charge on any atom is 0.289 e. The van der Waals surface area contributed by atoms with E-state index in [9.17, 15) is 9.59 Å². The molecule has 29 heavy (non-hydrogen) atoms. The number of benzene rings is 1. The Labute approximate surface area is 178 Å². The summed E-state index contributed by atoms with van der Waals surface area (Å²) in [6, 6.07) is 9.07. The molecule has 1 aromatic carbocycles. The van der Waals surface area contributed by atoms with Crippen LogP contribution in [0.5, 0.6) is 0 Å². The highest BCUT2D eigenvalue weighted by Crippen LogP contribution is 2.24. The van der Waals surface area contributed by atoms with Gasteiger partial charge in [0.1, 0.15) is 5.58 Å². The van der Waals surface area contributed by atoms with Crippen LogP contribution in [-0.2, 0) is 6.54 Å². The van der Waals surface area contributed by atoms with Gasteiger partial charge >= 0.3 is 0 Å². The minimum Gasteiger partial charge on any atom is -0.451 e. The number of carbonyl (C=O) groups is 1. The van der Waals surface area contributed by atoms with E-state index in [4.69, 9.17) is 4.42 Å². The van der Waals surface area contributed by atoms with E-state index in [1.165, 1.54) is 11.3 Å². The predicted octanol–water partition coefficient (Wildman–Crippen LogP) is 3.22. The molecule has 1 fully saturated rings. The number of hydrogen-bond donors (Lipinski definition) is 0. The average Bonchev–Trinajstić information content (AvgIpc) is 3.34. The molecule has 7 nitrogen and oxygen atoms in total. The first-order valence-corrected chi connectivity index (χ1v) is 10.9. The van der Waals surface area contributed by atoms with Gasteiger partial charge in [0.15, 0.2) is 10.7 Å². The van der Waals surface area contributed by atoms with Crippen LogP contribution >= 0.6 is 27.3 Å². The minimum atomic E-state index is -0.0895. The van der Waals surface area contributed by atoms with Gasteiger partial charge < -0.3 is 9.32 Å². The van der Waals surface area contributed by atoms with Gasteiger partial charge in [0.2, 0.25) is 0 Å². The Bertz CT molecular complexity index is 1270. The third kappa shape index (κ3) is 3.61. The molecule has 0 N–H and O–H groups in total. The normalized spacial score (nSPS) is 15.4. The number of thiazole rings is 1. The lowest BCUT2D eigenvalue weighted by Gasteiger charge is -2.34. The SMILES string of the molecule is O=C(c1cc2cc(Br)ccc2o1)N1CCN(Cc2cc(=O)n3ccsc3n2)CC1. The lowest BCUT2D eigenvalue weighted by Crippen LogP contribution is -2.48. The second-order valence-electron chi connectivity index (χ2n) is 7.00. The number of carbonyl (C=O) groups excluding carboxylic acids is 1. The van der Waals surface area contributed by atoms with E-state index >= 15 is 0 Å². The van der Waals surface area contributed by atoms with Crippen LogP contribution in [0.4, 0.5) is 0 Å². The van der Waals surface area contributed by atoms with Gasteiger partial charge in [-0.15, -0.1) is 11.3 Å². The van der Waals surface area contributed by atoms with E-state index in [1.807, 2.05) is 28.5 Å². The molecular formula is C20H17BrN4O3S. The Kier molecular flexibility index (Phi) is 4.73. The number of aromatic nitrogens is 2. The first kappa shape index (κ1) is 18.5. The van der Waals surface area contributed by atoms with Crippen molar-refractivity contribution in [2.75, 3.05) is 26.2 Å². The molecule has 4 aromatic rings. The van der Waals surface area contributed by atoms with E-state index in [-0.39, 0.29) is 11.5 Å². The largest absolute Gasteiger partial charge is 0.451 e. The summed E-state index contributed by atoms with van der Waals surface area (Å²) >= 11 is 4.89. The summed E-state index contributed by atoms with van der Waals surface area (Å²) in [5.74, 6) is 0.276. The van der Waals surface area contributed by atoms with Crippen molar-refractivity contribution in [3.8, 4) is 0 Å². The highest BCUT2D eigenvalue weighted by molar-refractivity contribution is 9.10. The molecule has 0 aliphatic carbocycles. The highest BCUT2D eigenvalue weighted by atomic mass is 79.9. The molecule has 0 radical (unpaired) electrons. The fourth-order valence-electron chi connectivity index (χ4n) is 3.58. The number of amides is 1. The molecule has 1 aliphatic rings. The molecule has 0 saturated carbocycles. The van der Waals surface area contributed by atoms with Crippen LogP contribution in [0, 0.1) is 0 Å². The minimum absolute atomic E-state index is 0.0587. The number of piperazine rings is 1. The second kappa shape index (κ2) is 7.40. The molecule has 1 aliphatic heterocycles. The summed E-state index contributed by atoms with van der Waals surface area (Å²) in [5.41, 5.74) is 1.41. The van der Waals surface area contributed by atoms with Crippen LogP contribution in [0.2, 0.25) is 0 Å². The number of furan rings is 1. The Morgan fingerprint density at radius 2 is 2.00 bits per heavy atom. The molecule has 3 aromatic heterocycles. The van der Waals surface area contributed by atoms with E-state index < -0.39 is 0 Å². The molecule has 1 amide bonds. The van der Waals surface area contributed by atoms with Crippen molar-refractivity contribution in [1.29, 1.82) is 0 Å². The van der Waals surface area contributed by atoms with Crippen LogP contribution in [0.15, 0.2) is 55.6 Å². The van der Waals surface area contributed by atoms with Gasteiger partial charge in [-0.25, -0.2) is 4.98 Å². The van der Waals surface area contributed by atoms with Gasteiger partial charge in [0, 0.05) is 60.2 Å². The van der Waals surface area contributed by atoms with Crippen molar-refractivity contribution < 1.29 is 9.21 Å². The summed E-state index contributed by atoms with van der Waals surface area (Å²) < 4.78 is 8.24. The molecule has 1 saturated heterocycles. The maximum atomic E-state index is 12.8. The van der Waals surface area contributed by atoms with E-state index in [1.54, 1.807) is 22.7 Å². The summed E-state index contributed by atoms with van der Waals surface area (Å²) in [6.45, 7) is 3.27. The van der Waals surface area contributed by atoms with Crippen LogP contribution in [0.3, 0.4) is 0 Å². The topological polar surface area (TPSA) is 71.1 Å². The highest BCUT2D eigenvalue weighted by Gasteiger charge is 2.25. The molecule has 4 heterocycles. The van der Waals surface area contributed by atoms with Crippen molar-refractivity contribution in [2.45, 2.75) is 6.54 Å². The quantitative estimate of drug-likeness (QED) is 0.457. The van der Waals surface area contributed by atoms with Crippen molar-refractivity contribution in [2.24, 2.45) is 0 Å². The summed E-state index contributed by atoms with van der Waals surface area (Å²) in [5, 5.41) is 2.76. The van der Waals surface area contributed by atoms with Gasteiger partial charge in [0.05, 0.1) is 5.69 Å². The van der Waals surface area contributed by atoms with Gasteiger partial charge in [-0.05, 0) is 24.3 Å². The number of nitrogens with zero attached hydrogens (tertiary/aromatic N) is 4. The molecule has 0 unspecified atom stereocenters. The first-order chi connectivity index (χ1) is 14.1. The number of fused-ring (bicyclic) bond motifs is 2. The molecule has 9 heteroatoms. The standard InChI is InChI=1S/C20H17BrN4O3S/c21-14-1-2-16-13(9-14)10-17(28-16)19(27)24-5-3-23(4-6-24)12-15-11-18(26)25-7-8-29-20(25)22-15/h1-2,7-11H,3-6,12H2. The van der Waals surface area contributed by atoms with Crippen LogP contribution in [0.25, 0.3) is 15.9 Å². The summed E-state index contributed by atoms with van der Waals surface area (Å²) in [6.07, 6.45) is 1.74. The number of rotatable bonds is 3. The summed E-state index contributed by atoms with van der Waals surface area (Å²) in [4.78, 5) is 34.3. The van der Waals surface area contributed by atoms with Gasteiger partial charge in [0.25, 0.3) is 11.5 Å². The van der Waals surface area contributed by atoms with Gasteiger partial charge in [-0.1, -0.05) is 15.9 Å². The fraction of sp³-hybridized carbons (Fsp3) is 0.250. The second-order valence-corrected chi connectivity index (χ2v) is 8.79. The van der Waals surface area contributed by atoms with E-state index in [2.05, 4.69) is 25.8 Å². The third-order valence-electron chi connectivity index (χ3n) is 5.09. The zero-order valence-electron chi connectivity index (χ0n) is 15.4. The predicted molar refractivity (Wildman–Crippen MR) is 114 cm³/mol. The fourth-order valence-corrected chi connectivity index (χ4v) is 4.70. The molecule has 148 valence electrons. The first-order valence-electron chi connectivity index (χ1n) is 9.23. The van der Waals surface area contributed by atoms with Crippen molar-refractivity contribution in [1.82, 2.24) is 19.2 Å².